The van der Waals surface area contributed by atoms with Crippen LogP contribution in [0.1, 0.15) is 89.2 Å². The third kappa shape index (κ3) is 13.4. The van der Waals surface area contributed by atoms with Crippen LogP contribution in [0.15, 0.2) is 94.4 Å². The highest BCUT2D eigenvalue weighted by Gasteiger charge is 2.48. The molecule has 372 valence electrons. The molecule has 0 saturated carbocycles. The van der Waals surface area contributed by atoms with Crippen molar-refractivity contribution in [3.05, 3.63) is 95.8 Å². The number of methoxy groups -OCH3 is 1. The summed E-state index contributed by atoms with van der Waals surface area (Å²) < 4.78 is 142. The smallest absolute Gasteiger partial charge is 0.333 e. The van der Waals surface area contributed by atoms with E-state index < -0.39 is 80.6 Å². The van der Waals surface area contributed by atoms with Crippen molar-refractivity contribution < 1.29 is 80.4 Å². The number of unbranched alkanes of at least 4 members (excludes halogenated alkanes) is 2. The lowest BCUT2D eigenvalue weighted by Gasteiger charge is -2.30. The van der Waals surface area contributed by atoms with Crippen LogP contribution in [0.25, 0.3) is 0 Å². The predicted molar refractivity (Wildman–Crippen MR) is 249 cm³/mol. The van der Waals surface area contributed by atoms with E-state index in [1.165, 1.54) is 37.4 Å². The molecule has 0 radical (unpaired) electrons. The highest BCUT2D eigenvalue weighted by Crippen LogP contribution is 2.51. The van der Waals surface area contributed by atoms with Crippen molar-refractivity contribution in [2.45, 2.75) is 98.7 Å². The molecule has 3 heterocycles. The Morgan fingerprint density at radius 1 is 0.721 bits per heavy atom. The summed E-state index contributed by atoms with van der Waals surface area (Å²) in [6.45, 7) is 4.51. The second kappa shape index (κ2) is 21.8. The highest BCUT2D eigenvalue weighted by atomic mass is 32.2. The Bertz CT molecular complexity index is 2890. The number of rotatable bonds is 24. The molecule has 24 heteroatoms. The summed E-state index contributed by atoms with van der Waals surface area (Å²) in [5.74, 6) is -3.05. The molecule has 68 heavy (non-hydrogen) atoms. The minimum absolute atomic E-state index is 0.0140. The number of amides is 2. The highest BCUT2D eigenvalue weighted by molar-refractivity contribution is 7.86. The number of fused-ring (bicyclic) bond motifs is 2. The summed E-state index contributed by atoms with van der Waals surface area (Å²) in [4.78, 5) is 42.3. The molecule has 2 amide bonds. The molecule has 2 atom stereocenters. The minimum Gasteiger partial charge on any atom is -0.383 e. The van der Waals surface area contributed by atoms with Crippen LogP contribution in [0.2, 0.25) is 0 Å². The molecule has 3 aliphatic rings. The van der Waals surface area contributed by atoms with Crippen molar-refractivity contribution in [3.8, 4) is 0 Å². The van der Waals surface area contributed by atoms with E-state index in [9.17, 15) is 66.3 Å². The molecule has 1 fully saturated rings. The number of hydrogen-bond acceptors (Lipinski definition) is 14. The second-order valence-electron chi connectivity index (χ2n) is 17.0. The number of anilines is 1. The largest absolute Gasteiger partial charge is 0.383 e. The van der Waals surface area contributed by atoms with Gasteiger partial charge in [-0.3, -0.25) is 27.8 Å². The lowest BCUT2D eigenvalue weighted by Crippen LogP contribution is -2.32. The molecule has 2 aromatic rings. The molecule has 0 bridgehead atoms. The molecule has 0 aliphatic carbocycles. The molecule has 1 saturated heterocycles. The van der Waals surface area contributed by atoms with Gasteiger partial charge in [0.05, 0.1) is 33.3 Å². The fourth-order valence-electron chi connectivity index (χ4n) is 8.80. The normalized spacial score (nSPS) is 20.8. The van der Waals surface area contributed by atoms with E-state index in [-0.39, 0.29) is 61.3 Å². The third-order valence-electron chi connectivity index (χ3n) is 12.1. The second-order valence-corrected chi connectivity index (χ2v) is 23.0. The number of nitrogens with zero attached hydrogens (tertiary/aromatic N) is 3. The molecule has 20 nitrogen and oxygen atoms in total. The SMILES string of the molecule is COCCN1/C(=C/C=C/C=C/C=C/C2=[N+](CCCCCC(=O)ON3C(=O)CCC3=O)c3ccc(S(=O)(=O)O)cc3C2(C)CCCS(=O)(=O)O)C(C)(CCCS(=O)(=O)O)c2cc(S(=O)(=O)O)ccc21. The summed E-state index contributed by atoms with van der Waals surface area (Å²) in [6, 6.07) is 8.26. The van der Waals surface area contributed by atoms with Crippen LogP contribution in [-0.4, -0.2) is 123 Å². The van der Waals surface area contributed by atoms with Gasteiger partial charge in [0.15, 0.2) is 5.71 Å². The first-order chi connectivity index (χ1) is 31.7. The number of carbonyl (C=O) groups is 3. The van der Waals surface area contributed by atoms with Crippen LogP contribution < -0.4 is 4.90 Å². The summed E-state index contributed by atoms with van der Waals surface area (Å²) >= 11 is 0. The van der Waals surface area contributed by atoms with Gasteiger partial charge in [0, 0.05) is 73.8 Å². The van der Waals surface area contributed by atoms with Crippen molar-refractivity contribution in [1.82, 2.24) is 5.06 Å². The lowest BCUT2D eigenvalue weighted by molar-refractivity contribution is -0.438. The van der Waals surface area contributed by atoms with Gasteiger partial charge in [-0.1, -0.05) is 30.4 Å². The number of carbonyl (C=O) groups excluding carboxylic acids is 3. The molecule has 0 aromatic heterocycles. The monoisotopic (exact) mass is 1030 g/mol. The molecule has 4 N–H and O–H groups in total. The maximum Gasteiger partial charge on any atom is 0.333 e. The van der Waals surface area contributed by atoms with Crippen molar-refractivity contribution in [3.63, 3.8) is 0 Å². The third-order valence-corrected chi connectivity index (χ3v) is 15.4. The average Bonchev–Trinajstić information content (AvgIpc) is 3.76. The van der Waals surface area contributed by atoms with Gasteiger partial charge < -0.3 is 14.5 Å². The van der Waals surface area contributed by atoms with E-state index in [1.807, 2.05) is 9.48 Å². The first-order valence-corrected chi connectivity index (χ1v) is 27.6. The van der Waals surface area contributed by atoms with Crippen molar-refractivity contribution in [1.29, 1.82) is 0 Å². The van der Waals surface area contributed by atoms with E-state index in [1.54, 1.807) is 62.4 Å². The number of hydrogen-bond donors (Lipinski definition) is 4. The number of ether oxygens (including phenoxy) is 1. The molecule has 5 rings (SSSR count). The van der Waals surface area contributed by atoms with Crippen LogP contribution in [-0.2, 0) is 75.3 Å². The van der Waals surface area contributed by atoms with E-state index >= 15 is 0 Å². The number of benzene rings is 2. The molecular weight excluding hydrogens is 971 g/mol. The zero-order valence-corrected chi connectivity index (χ0v) is 40.9. The number of hydroxylamine groups is 2. The Balaban J connectivity index is 1.45. The van der Waals surface area contributed by atoms with Crippen LogP contribution >= 0.6 is 0 Å². The Morgan fingerprint density at radius 2 is 1.28 bits per heavy atom. The fraction of sp³-hybridized carbons (Fsp3) is 0.455. The van der Waals surface area contributed by atoms with Crippen LogP contribution in [0, 0.1) is 0 Å². The summed E-state index contributed by atoms with van der Waals surface area (Å²) in [7, 11) is -16.4. The predicted octanol–water partition coefficient (Wildman–Crippen LogP) is 5.02. The minimum atomic E-state index is -4.66. The quantitative estimate of drug-likeness (QED) is 0.0353. The average molecular weight is 1030 g/mol. The van der Waals surface area contributed by atoms with Gasteiger partial charge in [-0.2, -0.15) is 38.2 Å². The maximum atomic E-state index is 12.4. The van der Waals surface area contributed by atoms with Crippen molar-refractivity contribution >= 4 is 75.3 Å². The van der Waals surface area contributed by atoms with E-state index in [4.69, 9.17) is 9.57 Å². The molecule has 0 spiro atoms. The first kappa shape index (κ1) is 54.0. The number of allylic oxidation sites excluding steroid dienone is 8. The molecule has 2 aromatic carbocycles. The van der Waals surface area contributed by atoms with E-state index in [0.29, 0.717) is 71.3 Å². The van der Waals surface area contributed by atoms with Gasteiger partial charge in [-0.15, -0.1) is 5.06 Å². The summed E-state index contributed by atoms with van der Waals surface area (Å²) in [5.41, 5.74) is 1.40. The van der Waals surface area contributed by atoms with Crippen molar-refractivity contribution in [2.24, 2.45) is 0 Å². The van der Waals surface area contributed by atoms with Gasteiger partial charge in [-0.05, 0) is 94.3 Å². The summed E-state index contributed by atoms with van der Waals surface area (Å²) in [6.07, 6.45) is 13.5. The van der Waals surface area contributed by atoms with Crippen LogP contribution in [0.5, 0.6) is 0 Å². The Hall–Kier alpha value is -4.92. The van der Waals surface area contributed by atoms with Gasteiger partial charge in [0.25, 0.3) is 52.3 Å². The summed E-state index contributed by atoms with van der Waals surface area (Å²) in [5, 5.41) is 0.483. The zero-order chi connectivity index (χ0) is 50.3. The van der Waals surface area contributed by atoms with Gasteiger partial charge in [-0.25, -0.2) is 4.79 Å². The Labute approximate surface area is 396 Å². The lowest BCUT2D eigenvalue weighted by atomic mass is 9.76. The fourth-order valence-corrected chi connectivity index (χ4v) is 10.8. The molecular formula is C44H56N3O17S4+. The molecule has 2 unspecified atom stereocenters. The Kier molecular flexibility index (Phi) is 17.3. The van der Waals surface area contributed by atoms with Gasteiger partial charge in [0.1, 0.15) is 6.54 Å². The first-order valence-electron chi connectivity index (χ1n) is 21.5. The van der Waals surface area contributed by atoms with Gasteiger partial charge >= 0.3 is 5.97 Å². The van der Waals surface area contributed by atoms with Gasteiger partial charge in [0.2, 0.25) is 5.69 Å². The van der Waals surface area contributed by atoms with Crippen LogP contribution in [0.4, 0.5) is 11.4 Å². The number of imide groups is 1. The standard InChI is InChI=1S/C44H55N3O17S4/c1-43(23-12-28-65(51,52)53)34-30-32(67(57,58)59)17-19-36(34)45(25-11-7-10-16-42(50)64-47-40(48)21-22-41(47)49)38(43)14-8-5-4-6-9-15-39-44(2,24-13-29-66(54,55)56)35-31-33(68(60,61)62)18-20-37(35)46(39)26-27-63-3/h4-6,8-9,14-15,17-20,30-31H,7,10-13,16,21-29H2,1-3H3,(H3-,51,52,53,54,55,56,57,58,59,60,61,62)/p+1. The Morgan fingerprint density at radius 3 is 1.87 bits per heavy atom. The maximum absolute atomic E-state index is 12.4. The topological polar surface area (TPSA) is 297 Å². The molecule has 3 aliphatic heterocycles. The zero-order valence-electron chi connectivity index (χ0n) is 37.7. The van der Waals surface area contributed by atoms with Crippen molar-refractivity contribution in [2.75, 3.05) is 43.2 Å². The van der Waals surface area contributed by atoms with E-state index in [2.05, 4.69) is 0 Å². The van der Waals surface area contributed by atoms with E-state index in [0.717, 1.165) is 0 Å². The van der Waals surface area contributed by atoms with Crippen LogP contribution in [0.3, 0.4) is 0 Å².